The van der Waals surface area contributed by atoms with E-state index in [1.807, 2.05) is 30.3 Å². The van der Waals surface area contributed by atoms with E-state index in [0.29, 0.717) is 22.5 Å². The molecule has 9 heteroatoms. The zero-order chi connectivity index (χ0) is 19.9. The van der Waals surface area contributed by atoms with Gasteiger partial charge in [-0.2, -0.15) is 0 Å². The summed E-state index contributed by atoms with van der Waals surface area (Å²) in [6.45, 7) is 0.558. The number of nitrogens with zero attached hydrogens (tertiary/aromatic N) is 2. The molecule has 0 atom stereocenters. The lowest BCUT2D eigenvalue weighted by molar-refractivity contribution is 0.146. The van der Waals surface area contributed by atoms with Gasteiger partial charge in [-0.05, 0) is 23.8 Å². The van der Waals surface area contributed by atoms with Crippen LogP contribution in [0, 0.1) is 0 Å². The number of hydrogen-bond donors (Lipinski definition) is 2. The molecule has 0 saturated heterocycles. The molecule has 0 aliphatic carbocycles. The van der Waals surface area contributed by atoms with Crippen molar-refractivity contribution in [1.29, 1.82) is 0 Å². The number of halogens is 1. The van der Waals surface area contributed by atoms with Crippen molar-refractivity contribution >= 4 is 40.5 Å². The highest BCUT2D eigenvalue weighted by atomic mass is 35.5. The fourth-order valence-corrected chi connectivity index (χ4v) is 2.64. The first-order valence-electron chi connectivity index (χ1n) is 8.55. The van der Waals surface area contributed by atoms with Gasteiger partial charge in [-0.3, -0.25) is 5.32 Å². The molecule has 0 aliphatic rings. The van der Waals surface area contributed by atoms with Gasteiger partial charge in [0.05, 0.1) is 11.9 Å². The van der Waals surface area contributed by atoms with E-state index in [1.54, 1.807) is 25.2 Å². The van der Waals surface area contributed by atoms with E-state index in [-0.39, 0.29) is 25.0 Å². The van der Waals surface area contributed by atoms with Crippen LogP contribution in [-0.4, -0.2) is 42.4 Å². The summed E-state index contributed by atoms with van der Waals surface area (Å²) in [6, 6.07) is 14.1. The smallest absolute Gasteiger partial charge is 0.412 e. The Hall–Kier alpha value is -3.26. The first kappa shape index (κ1) is 19.5. The Morgan fingerprint density at radius 3 is 2.75 bits per heavy atom. The van der Waals surface area contributed by atoms with Crippen molar-refractivity contribution in [3.63, 3.8) is 0 Å². The lowest BCUT2D eigenvalue weighted by Gasteiger charge is -2.18. The zero-order valence-corrected chi connectivity index (χ0v) is 15.9. The number of para-hydroxylation sites is 1. The zero-order valence-electron chi connectivity index (χ0n) is 15.1. The summed E-state index contributed by atoms with van der Waals surface area (Å²) >= 11 is 6.06. The molecule has 0 unspecified atom stereocenters. The second-order valence-corrected chi connectivity index (χ2v) is 6.37. The van der Waals surface area contributed by atoms with Crippen molar-refractivity contribution in [2.75, 3.05) is 25.5 Å². The predicted octanol–water partition coefficient (Wildman–Crippen LogP) is 3.87. The molecule has 1 aromatic heterocycles. The summed E-state index contributed by atoms with van der Waals surface area (Å²) in [6.07, 6.45) is -0.677. The summed E-state index contributed by atoms with van der Waals surface area (Å²) in [5.41, 5.74) is 1.38. The second kappa shape index (κ2) is 9.09. The van der Waals surface area contributed by atoms with Gasteiger partial charge >= 0.3 is 12.1 Å². The van der Waals surface area contributed by atoms with Gasteiger partial charge < -0.3 is 19.5 Å². The predicted molar refractivity (Wildman–Crippen MR) is 105 cm³/mol. The topological polar surface area (TPSA) is 96.7 Å². The van der Waals surface area contributed by atoms with Crippen LogP contribution >= 0.6 is 11.6 Å². The van der Waals surface area contributed by atoms with Crippen LogP contribution in [0.3, 0.4) is 0 Å². The highest BCUT2D eigenvalue weighted by Crippen LogP contribution is 2.22. The molecule has 0 bridgehead atoms. The van der Waals surface area contributed by atoms with Crippen LogP contribution in [0.5, 0.6) is 0 Å². The molecule has 146 valence electrons. The Morgan fingerprint density at radius 2 is 1.93 bits per heavy atom. The molecule has 8 nitrogen and oxygen atoms in total. The Kier molecular flexibility index (Phi) is 6.33. The van der Waals surface area contributed by atoms with Crippen LogP contribution in [0.1, 0.15) is 5.56 Å². The number of aromatic nitrogens is 1. The second-order valence-electron chi connectivity index (χ2n) is 5.96. The lowest BCUT2D eigenvalue weighted by Crippen LogP contribution is -2.39. The number of fused-ring (bicyclic) bond motifs is 1. The molecule has 2 N–H and O–H groups in total. The molecule has 0 fully saturated rings. The SMILES string of the molecule is CN(CCOC(=O)Nc1noc2ccccc12)C(=O)NCc1ccccc1Cl. The maximum absolute atomic E-state index is 12.1. The summed E-state index contributed by atoms with van der Waals surface area (Å²) in [4.78, 5) is 25.4. The van der Waals surface area contributed by atoms with Gasteiger partial charge in [-0.1, -0.05) is 47.1 Å². The standard InChI is InChI=1S/C19H19ClN4O4/c1-24(18(25)21-12-13-6-2-4-8-15(13)20)10-11-27-19(26)22-17-14-7-3-5-9-16(14)28-23-17/h2-9H,10-12H2,1H3,(H,21,25)(H,22,23,26). The maximum atomic E-state index is 12.1. The van der Waals surface area contributed by atoms with Crippen molar-refractivity contribution in [2.45, 2.75) is 6.54 Å². The van der Waals surface area contributed by atoms with Crippen molar-refractivity contribution in [3.8, 4) is 0 Å². The molecule has 2 aromatic carbocycles. The quantitative estimate of drug-likeness (QED) is 0.652. The third-order valence-electron chi connectivity index (χ3n) is 3.99. The fourth-order valence-electron chi connectivity index (χ4n) is 2.43. The third kappa shape index (κ3) is 4.92. The number of ether oxygens (including phenoxy) is 1. The first-order valence-corrected chi connectivity index (χ1v) is 8.93. The van der Waals surface area contributed by atoms with Crippen molar-refractivity contribution in [2.24, 2.45) is 0 Å². The van der Waals surface area contributed by atoms with E-state index in [1.165, 1.54) is 4.90 Å². The molecule has 0 aliphatic heterocycles. The van der Waals surface area contributed by atoms with Crippen LogP contribution in [0.2, 0.25) is 5.02 Å². The number of urea groups is 1. The summed E-state index contributed by atoms with van der Waals surface area (Å²) in [5, 5.41) is 10.3. The van der Waals surface area contributed by atoms with Crippen LogP contribution < -0.4 is 10.6 Å². The first-order chi connectivity index (χ1) is 13.5. The number of benzene rings is 2. The van der Waals surface area contributed by atoms with E-state index in [0.717, 1.165) is 5.56 Å². The largest absolute Gasteiger partial charge is 0.447 e. The van der Waals surface area contributed by atoms with Gasteiger partial charge in [0.25, 0.3) is 0 Å². The van der Waals surface area contributed by atoms with Crippen LogP contribution in [-0.2, 0) is 11.3 Å². The summed E-state index contributed by atoms with van der Waals surface area (Å²) < 4.78 is 10.2. The number of anilines is 1. The molecular formula is C19H19ClN4O4. The molecule has 3 aromatic rings. The third-order valence-corrected chi connectivity index (χ3v) is 4.36. The van der Waals surface area contributed by atoms with Gasteiger partial charge in [0.15, 0.2) is 11.4 Å². The maximum Gasteiger partial charge on any atom is 0.412 e. The van der Waals surface area contributed by atoms with E-state index < -0.39 is 6.09 Å². The van der Waals surface area contributed by atoms with Crippen molar-refractivity contribution in [3.05, 3.63) is 59.1 Å². The van der Waals surface area contributed by atoms with Crippen LogP contribution in [0.15, 0.2) is 53.1 Å². The highest BCUT2D eigenvalue weighted by molar-refractivity contribution is 6.31. The molecule has 3 amide bonds. The van der Waals surface area contributed by atoms with Gasteiger partial charge in [0.2, 0.25) is 0 Å². The Morgan fingerprint density at radius 1 is 1.18 bits per heavy atom. The Bertz CT molecular complexity index is 975. The van der Waals surface area contributed by atoms with Crippen molar-refractivity contribution in [1.82, 2.24) is 15.4 Å². The molecular weight excluding hydrogens is 384 g/mol. The molecule has 0 spiro atoms. The van der Waals surface area contributed by atoms with E-state index in [2.05, 4.69) is 15.8 Å². The minimum Gasteiger partial charge on any atom is -0.447 e. The molecule has 28 heavy (non-hydrogen) atoms. The molecule has 0 radical (unpaired) electrons. The van der Waals surface area contributed by atoms with Crippen molar-refractivity contribution < 1.29 is 18.8 Å². The van der Waals surface area contributed by atoms with Gasteiger partial charge in [0.1, 0.15) is 6.61 Å². The van der Waals surface area contributed by atoms with E-state index >= 15 is 0 Å². The molecule has 1 heterocycles. The average Bonchev–Trinajstić information content (AvgIpc) is 3.10. The number of nitrogens with one attached hydrogen (secondary N) is 2. The molecule has 0 saturated carbocycles. The number of amides is 3. The average molecular weight is 403 g/mol. The van der Waals surface area contributed by atoms with Gasteiger partial charge in [-0.25, -0.2) is 9.59 Å². The van der Waals surface area contributed by atoms with Gasteiger partial charge in [-0.15, -0.1) is 0 Å². The summed E-state index contributed by atoms with van der Waals surface area (Å²) in [7, 11) is 1.61. The highest BCUT2D eigenvalue weighted by Gasteiger charge is 2.13. The summed E-state index contributed by atoms with van der Waals surface area (Å²) in [5.74, 6) is 0.284. The van der Waals surface area contributed by atoms with E-state index in [9.17, 15) is 9.59 Å². The van der Waals surface area contributed by atoms with Crippen LogP contribution in [0.4, 0.5) is 15.4 Å². The lowest BCUT2D eigenvalue weighted by atomic mass is 10.2. The monoisotopic (exact) mass is 402 g/mol. The van der Waals surface area contributed by atoms with Crippen LogP contribution in [0.25, 0.3) is 11.0 Å². The van der Waals surface area contributed by atoms with E-state index in [4.69, 9.17) is 20.9 Å². The number of hydrogen-bond acceptors (Lipinski definition) is 5. The Balaban J connectivity index is 1.40. The number of carbonyl (C=O) groups excluding carboxylic acids is 2. The Labute approximate surface area is 166 Å². The number of rotatable bonds is 6. The minimum atomic E-state index is -0.677. The fraction of sp³-hybridized carbons (Fsp3) is 0.211. The molecule has 3 rings (SSSR count). The number of likely N-dealkylation sites (N-methyl/N-ethyl adjacent to an activating group) is 1. The minimum absolute atomic E-state index is 0.0254. The van der Waals surface area contributed by atoms with Gasteiger partial charge in [0, 0.05) is 18.6 Å². The number of carbonyl (C=O) groups is 2. The normalized spacial score (nSPS) is 10.5.